The third-order valence-corrected chi connectivity index (χ3v) is 5.78. The van der Waals surface area contributed by atoms with Crippen molar-refractivity contribution in [2.45, 2.75) is 33.4 Å². The van der Waals surface area contributed by atoms with Crippen LogP contribution in [0.2, 0.25) is 0 Å². The van der Waals surface area contributed by atoms with E-state index in [1.807, 2.05) is 6.92 Å². The molecule has 0 aliphatic heterocycles. The molecule has 24 heavy (non-hydrogen) atoms. The van der Waals surface area contributed by atoms with Gasteiger partial charge in [-0.25, -0.2) is 9.98 Å². The zero-order valence-electron chi connectivity index (χ0n) is 15.1. The van der Waals surface area contributed by atoms with E-state index in [-0.39, 0.29) is 0 Å². The van der Waals surface area contributed by atoms with Crippen LogP contribution in [0, 0.1) is 13.8 Å². The molecule has 1 atom stereocenters. The zero-order valence-corrected chi connectivity index (χ0v) is 16.7. The lowest BCUT2D eigenvalue weighted by atomic mass is 10.2. The van der Waals surface area contributed by atoms with E-state index in [1.54, 1.807) is 22.7 Å². The minimum atomic E-state index is 0.332. The van der Waals surface area contributed by atoms with Crippen molar-refractivity contribution in [3.63, 3.8) is 0 Å². The van der Waals surface area contributed by atoms with E-state index in [2.05, 4.69) is 71.0 Å². The molecule has 0 saturated carbocycles. The summed E-state index contributed by atoms with van der Waals surface area (Å²) >= 11 is 3.51. The predicted octanol–water partition coefficient (Wildman–Crippen LogP) is 3.18. The van der Waals surface area contributed by atoms with Crippen LogP contribution in [-0.2, 0) is 6.54 Å². The highest BCUT2D eigenvalue weighted by Crippen LogP contribution is 2.22. The standard InChI is InChI=1S/C17H27N5S2/c1-6-18-17(20-11-16-21-12(2)13(3)24-16)19-10-14(22(4)5)15-8-7-9-23-15/h7-9,14H,6,10-11H2,1-5H3,(H2,18,19,20). The number of aryl methyl sites for hydroxylation is 2. The van der Waals surface area contributed by atoms with Crippen molar-refractivity contribution in [1.29, 1.82) is 0 Å². The average Bonchev–Trinajstić information content (AvgIpc) is 3.15. The maximum atomic E-state index is 4.68. The van der Waals surface area contributed by atoms with Crippen molar-refractivity contribution in [2.75, 3.05) is 27.2 Å². The van der Waals surface area contributed by atoms with Gasteiger partial charge in [0, 0.05) is 22.8 Å². The number of hydrogen-bond acceptors (Lipinski definition) is 5. The summed E-state index contributed by atoms with van der Waals surface area (Å²) in [4.78, 5) is 14.1. The summed E-state index contributed by atoms with van der Waals surface area (Å²) < 4.78 is 0. The van der Waals surface area contributed by atoms with E-state index in [9.17, 15) is 0 Å². The Kier molecular flexibility index (Phi) is 7.20. The van der Waals surface area contributed by atoms with Crippen LogP contribution in [0.4, 0.5) is 0 Å². The third-order valence-electron chi connectivity index (χ3n) is 3.75. The Balaban J connectivity index is 2.00. The summed E-state index contributed by atoms with van der Waals surface area (Å²) in [5.41, 5.74) is 1.11. The molecule has 5 nitrogen and oxygen atoms in total. The summed E-state index contributed by atoms with van der Waals surface area (Å²) in [6.45, 7) is 8.50. The Morgan fingerprint density at radius 2 is 2.12 bits per heavy atom. The van der Waals surface area contributed by atoms with Crippen molar-refractivity contribution < 1.29 is 0 Å². The average molecular weight is 366 g/mol. The van der Waals surface area contributed by atoms with Gasteiger partial charge in [0.05, 0.1) is 18.3 Å². The highest BCUT2D eigenvalue weighted by atomic mass is 32.1. The molecule has 2 aromatic rings. The first-order chi connectivity index (χ1) is 11.5. The van der Waals surface area contributed by atoms with E-state index in [0.717, 1.165) is 29.8 Å². The van der Waals surface area contributed by atoms with Crippen molar-refractivity contribution in [3.05, 3.63) is 38.0 Å². The Bertz CT molecular complexity index is 626. The predicted molar refractivity (Wildman–Crippen MR) is 105 cm³/mol. The van der Waals surface area contributed by atoms with Gasteiger partial charge in [-0.2, -0.15) is 0 Å². The number of rotatable bonds is 7. The summed E-state index contributed by atoms with van der Waals surface area (Å²) in [5, 5.41) is 9.96. The van der Waals surface area contributed by atoms with Crippen molar-refractivity contribution in [1.82, 2.24) is 20.5 Å². The van der Waals surface area contributed by atoms with Gasteiger partial charge in [0.2, 0.25) is 0 Å². The minimum Gasteiger partial charge on any atom is -0.357 e. The molecular weight excluding hydrogens is 338 g/mol. The van der Waals surface area contributed by atoms with Crippen molar-refractivity contribution >= 4 is 28.6 Å². The third kappa shape index (κ3) is 5.29. The number of aliphatic imine (C=N–C) groups is 1. The molecule has 2 rings (SSSR count). The Labute approximate surface area is 152 Å². The van der Waals surface area contributed by atoms with Crippen LogP contribution >= 0.6 is 22.7 Å². The normalized spacial score (nSPS) is 13.3. The van der Waals surface area contributed by atoms with Crippen LogP contribution in [0.15, 0.2) is 22.5 Å². The second kappa shape index (κ2) is 9.15. The van der Waals surface area contributed by atoms with Crippen LogP contribution in [0.1, 0.15) is 33.4 Å². The Morgan fingerprint density at radius 3 is 2.67 bits per heavy atom. The molecule has 0 saturated heterocycles. The van der Waals surface area contributed by atoms with Crippen LogP contribution in [0.3, 0.4) is 0 Å². The lowest BCUT2D eigenvalue weighted by Gasteiger charge is -2.24. The first-order valence-electron chi connectivity index (χ1n) is 8.16. The highest BCUT2D eigenvalue weighted by molar-refractivity contribution is 7.11. The fraction of sp³-hybridized carbons (Fsp3) is 0.529. The SMILES string of the molecule is CCNC(=NCc1nc(C)c(C)s1)NCC(c1cccs1)N(C)C. The number of nitrogens with one attached hydrogen (secondary N) is 2. The second-order valence-corrected chi connectivity index (χ2v) is 8.09. The lowest BCUT2D eigenvalue weighted by molar-refractivity contribution is 0.302. The quantitative estimate of drug-likeness (QED) is 0.584. The van der Waals surface area contributed by atoms with Gasteiger partial charge in [-0.15, -0.1) is 22.7 Å². The summed E-state index contributed by atoms with van der Waals surface area (Å²) in [6, 6.07) is 4.61. The van der Waals surface area contributed by atoms with Crippen LogP contribution in [-0.4, -0.2) is 43.0 Å². The highest BCUT2D eigenvalue weighted by Gasteiger charge is 2.15. The van der Waals surface area contributed by atoms with Crippen molar-refractivity contribution in [3.8, 4) is 0 Å². The number of guanidine groups is 1. The molecule has 2 N–H and O–H groups in total. The van der Waals surface area contributed by atoms with Gasteiger partial charge < -0.3 is 15.5 Å². The molecule has 0 aliphatic carbocycles. The molecule has 0 spiro atoms. The summed E-state index contributed by atoms with van der Waals surface area (Å²) in [5.74, 6) is 0.839. The van der Waals surface area contributed by atoms with E-state index in [0.29, 0.717) is 12.6 Å². The van der Waals surface area contributed by atoms with Crippen LogP contribution < -0.4 is 10.6 Å². The van der Waals surface area contributed by atoms with Gasteiger partial charge in [-0.05, 0) is 46.3 Å². The molecule has 2 heterocycles. The first-order valence-corrected chi connectivity index (χ1v) is 9.85. The molecule has 0 amide bonds. The maximum Gasteiger partial charge on any atom is 0.191 e. The lowest BCUT2D eigenvalue weighted by Crippen LogP contribution is -2.41. The summed E-state index contributed by atoms with van der Waals surface area (Å²) in [7, 11) is 4.22. The fourth-order valence-electron chi connectivity index (χ4n) is 2.31. The number of hydrogen-bond donors (Lipinski definition) is 2. The minimum absolute atomic E-state index is 0.332. The summed E-state index contributed by atoms with van der Waals surface area (Å²) in [6.07, 6.45) is 0. The number of nitrogens with zero attached hydrogens (tertiary/aromatic N) is 3. The number of thiazole rings is 1. The maximum absolute atomic E-state index is 4.68. The molecular formula is C17H27N5S2. The van der Waals surface area contributed by atoms with Gasteiger partial charge in [-0.3, -0.25) is 0 Å². The van der Waals surface area contributed by atoms with Crippen LogP contribution in [0.5, 0.6) is 0 Å². The number of likely N-dealkylation sites (N-methyl/N-ethyl adjacent to an activating group) is 1. The molecule has 0 radical (unpaired) electrons. The fourth-order valence-corrected chi connectivity index (χ4v) is 4.09. The smallest absolute Gasteiger partial charge is 0.191 e. The number of aromatic nitrogens is 1. The van der Waals surface area contributed by atoms with Gasteiger partial charge in [0.1, 0.15) is 5.01 Å². The largest absolute Gasteiger partial charge is 0.357 e. The van der Waals surface area contributed by atoms with Crippen LogP contribution in [0.25, 0.3) is 0 Å². The Morgan fingerprint density at radius 1 is 1.33 bits per heavy atom. The molecule has 0 aliphatic rings. The molecule has 2 aromatic heterocycles. The Hall–Kier alpha value is -1.44. The first kappa shape index (κ1) is 18.9. The molecule has 1 unspecified atom stereocenters. The topological polar surface area (TPSA) is 52.6 Å². The van der Waals surface area contributed by atoms with E-state index in [1.165, 1.54) is 9.75 Å². The zero-order chi connectivity index (χ0) is 17.5. The molecule has 0 aromatic carbocycles. The van der Waals surface area contributed by atoms with Crippen molar-refractivity contribution in [2.24, 2.45) is 4.99 Å². The molecule has 132 valence electrons. The van der Waals surface area contributed by atoms with Gasteiger partial charge in [0.15, 0.2) is 5.96 Å². The van der Waals surface area contributed by atoms with E-state index in [4.69, 9.17) is 0 Å². The van der Waals surface area contributed by atoms with Gasteiger partial charge in [0.25, 0.3) is 0 Å². The second-order valence-electron chi connectivity index (χ2n) is 5.82. The molecule has 0 fully saturated rings. The van der Waals surface area contributed by atoms with E-state index >= 15 is 0 Å². The number of thiophene rings is 1. The monoisotopic (exact) mass is 365 g/mol. The van der Waals surface area contributed by atoms with Gasteiger partial charge >= 0.3 is 0 Å². The molecule has 7 heteroatoms. The van der Waals surface area contributed by atoms with E-state index < -0.39 is 0 Å². The van der Waals surface area contributed by atoms with Gasteiger partial charge in [-0.1, -0.05) is 6.07 Å². The molecule has 0 bridgehead atoms.